The van der Waals surface area contributed by atoms with Gasteiger partial charge in [0.1, 0.15) is 5.82 Å². The number of amides is 1. The quantitative estimate of drug-likeness (QED) is 0.343. The number of ether oxygens (including phenoxy) is 1. The van der Waals surface area contributed by atoms with Gasteiger partial charge in [-0.05, 0) is 24.6 Å². The lowest BCUT2D eigenvalue weighted by atomic mass is 10.3. The summed E-state index contributed by atoms with van der Waals surface area (Å²) < 4.78 is 5.42. The smallest absolute Gasteiger partial charge is 0.310 e. The van der Waals surface area contributed by atoms with Crippen molar-refractivity contribution < 1.29 is 14.5 Å². The van der Waals surface area contributed by atoms with Crippen molar-refractivity contribution in [1.29, 1.82) is 0 Å². The minimum Gasteiger partial charge on any atom is -0.487 e. The number of nitrogens with one attached hydrogen (secondary N) is 2. The van der Waals surface area contributed by atoms with Gasteiger partial charge in [-0.3, -0.25) is 14.9 Å². The van der Waals surface area contributed by atoms with E-state index in [1.54, 1.807) is 18.2 Å². The lowest BCUT2D eigenvalue weighted by Gasteiger charge is -2.07. The van der Waals surface area contributed by atoms with E-state index in [9.17, 15) is 14.9 Å². The number of nitrogens with zero attached hydrogens (tertiary/aromatic N) is 2. The first kappa shape index (κ1) is 18.4. The first-order valence-electron chi connectivity index (χ1n) is 8.70. The molecule has 0 aliphatic carbocycles. The molecule has 0 spiro atoms. The molecule has 3 aromatic rings. The van der Waals surface area contributed by atoms with Crippen molar-refractivity contribution in [2.24, 2.45) is 0 Å². The molecule has 0 radical (unpaired) electrons. The van der Waals surface area contributed by atoms with Gasteiger partial charge in [-0.2, -0.15) is 0 Å². The van der Waals surface area contributed by atoms with Crippen LogP contribution >= 0.6 is 0 Å². The maximum atomic E-state index is 11.9. The number of aromatic amines is 1. The molecule has 1 amide bonds. The summed E-state index contributed by atoms with van der Waals surface area (Å²) in [6.45, 7) is 0.728. The monoisotopic (exact) mass is 368 g/mol. The number of imidazole rings is 1. The van der Waals surface area contributed by atoms with E-state index in [0.717, 1.165) is 16.9 Å². The lowest BCUT2D eigenvalue weighted by Crippen LogP contribution is -2.26. The van der Waals surface area contributed by atoms with Crippen molar-refractivity contribution in [3.63, 3.8) is 0 Å². The van der Waals surface area contributed by atoms with Gasteiger partial charge < -0.3 is 15.0 Å². The van der Waals surface area contributed by atoms with Crippen LogP contribution < -0.4 is 10.1 Å². The molecule has 0 aliphatic heterocycles. The first-order valence-corrected chi connectivity index (χ1v) is 8.70. The highest BCUT2D eigenvalue weighted by molar-refractivity contribution is 5.76. The minimum atomic E-state index is -0.486. The molecule has 0 aliphatic rings. The van der Waals surface area contributed by atoms with Crippen LogP contribution in [0.1, 0.15) is 18.7 Å². The maximum Gasteiger partial charge on any atom is 0.310 e. The molecule has 0 fully saturated rings. The van der Waals surface area contributed by atoms with Gasteiger partial charge in [-0.1, -0.05) is 24.3 Å². The molecular formula is C19H20N4O4. The van der Waals surface area contributed by atoms with Gasteiger partial charge in [0, 0.05) is 25.5 Å². The zero-order chi connectivity index (χ0) is 19.1. The maximum absolute atomic E-state index is 11.9. The molecule has 2 N–H and O–H groups in total. The van der Waals surface area contributed by atoms with Crippen LogP contribution in [0.25, 0.3) is 11.0 Å². The molecule has 0 unspecified atom stereocenters. The Morgan fingerprint density at radius 2 is 1.96 bits per heavy atom. The summed E-state index contributed by atoms with van der Waals surface area (Å²) in [4.78, 5) is 30.0. The van der Waals surface area contributed by atoms with E-state index >= 15 is 0 Å². The first-order chi connectivity index (χ1) is 13.1. The van der Waals surface area contributed by atoms with Gasteiger partial charge in [0.25, 0.3) is 0 Å². The highest BCUT2D eigenvalue weighted by Crippen LogP contribution is 2.25. The number of fused-ring (bicyclic) bond motifs is 1. The number of H-pyrrole nitrogens is 1. The van der Waals surface area contributed by atoms with Crippen molar-refractivity contribution in [2.45, 2.75) is 19.3 Å². The number of aromatic nitrogens is 2. The van der Waals surface area contributed by atoms with Crippen LogP contribution in [0, 0.1) is 10.1 Å². The van der Waals surface area contributed by atoms with Crippen LogP contribution in [0.5, 0.6) is 5.75 Å². The number of rotatable bonds is 9. The Labute approximate surface area is 155 Å². The molecule has 0 saturated heterocycles. The van der Waals surface area contributed by atoms with Crippen LogP contribution in [-0.2, 0) is 11.2 Å². The number of carbonyl (C=O) groups excluding carboxylic acids is 1. The number of nitro benzene ring substituents is 1. The van der Waals surface area contributed by atoms with Gasteiger partial charge in [-0.15, -0.1) is 0 Å². The highest BCUT2D eigenvalue weighted by Gasteiger charge is 2.13. The van der Waals surface area contributed by atoms with E-state index in [-0.39, 0.29) is 24.0 Å². The van der Waals surface area contributed by atoms with E-state index in [2.05, 4.69) is 15.3 Å². The van der Waals surface area contributed by atoms with E-state index in [4.69, 9.17) is 4.74 Å². The molecule has 0 atom stereocenters. The van der Waals surface area contributed by atoms with Crippen molar-refractivity contribution >= 4 is 22.6 Å². The molecule has 1 heterocycles. The third-order valence-electron chi connectivity index (χ3n) is 3.99. The fourth-order valence-electron chi connectivity index (χ4n) is 2.68. The third kappa shape index (κ3) is 5.04. The van der Waals surface area contributed by atoms with Crippen molar-refractivity contribution in [1.82, 2.24) is 15.3 Å². The summed E-state index contributed by atoms with van der Waals surface area (Å²) in [6, 6.07) is 14.0. The molecular weight excluding hydrogens is 348 g/mol. The predicted octanol–water partition coefficient (Wildman–Crippen LogP) is 2.99. The number of carbonyl (C=O) groups is 1. The third-order valence-corrected chi connectivity index (χ3v) is 3.99. The molecule has 2 aromatic carbocycles. The highest BCUT2D eigenvalue weighted by atomic mass is 16.6. The molecule has 27 heavy (non-hydrogen) atoms. The van der Waals surface area contributed by atoms with Gasteiger partial charge in [0.2, 0.25) is 5.91 Å². The second-order valence-corrected chi connectivity index (χ2v) is 5.98. The molecule has 3 rings (SSSR count). The Morgan fingerprint density at radius 1 is 1.19 bits per heavy atom. The summed E-state index contributed by atoms with van der Waals surface area (Å²) in [5.41, 5.74) is 1.81. The van der Waals surface area contributed by atoms with Crippen LogP contribution in [0.3, 0.4) is 0 Å². The second-order valence-electron chi connectivity index (χ2n) is 5.98. The molecule has 8 heteroatoms. The summed E-state index contributed by atoms with van der Waals surface area (Å²) >= 11 is 0. The van der Waals surface area contributed by atoms with E-state index < -0.39 is 4.92 Å². The van der Waals surface area contributed by atoms with Gasteiger partial charge in [-0.25, -0.2) is 4.98 Å². The number of para-hydroxylation sites is 4. The van der Waals surface area contributed by atoms with Crippen molar-refractivity contribution in [2.75, 3.05) is 13.2 Å². The predicted molar refractivity (Wildman–Crippen MR) is 101 cm³/mol. The van der Waals surface area contributed by atoms with Gasteiger partial charge in [0.05, 0.1) is 22.6 Å². The van der Waals surface area contributed by atoms with Crippen LogP contribution in [0.4, 0.5) is 5.69 Å². The largest absolute Gasteiger partial charge is 0.487 e. The topological polar surface area (TPSA) is 110 Å². The van der Waals surface area contributed by atoms with Gasteiger partial charge in [0.15, 0.2) is 5.75 Å². The molecule has 140 valence electrons. The summed E-state index contributed by atoms with van der Waals surface area (Å²) in [5.74, 6) is 0.960. The van der Waals surface area contributed by atoms with Crippen LogP contribution in [0.2, 0.25) is 0 Å². The standard InChI is InChI=1S/C19H20N4O4/c24-19(10-5-13-27-17-9-4-3-8-16(17)23(25)26)20-12-11-18-21-14-6-1-2-7-15(14)22-18/h1-4,6-9H,5,10-13H2,(H,20,24)(H,21,22). The van der Waals surface area contributed by atoms with E-state index in [1.165, 1.54) is 6.07 Å². The fourth-order valence-corrected chi connectivity index (χ4v) is 2.68. The van der Waals surface area contributed by atoms with Crippen molar-refractivity contribution in [3.8, 4) is 5.75 Å². The Morgan fingerprint density at radius 3 is 2.78 bits per heavy atom. The van der Waals surface area contributed by atoms with Crippen LogP contribution in [0.15, 0.2) is 48.5 Å². The van der Waals surface area contributed by atoms with Crippen LogP contribution in [-0.4, -0.2) is 34.0 Å². The summed E-state index contributed by atoms with van der Waals surface area (Å²) in [5, 5.41) is 13.7. The zero-order valence-electron chi connectivity index (χ0n) is 14.7. The summed E-state index contributed by atoms with van der Waals surface area (Å²) in [6.07, 6.45) is 1.39. The molecule has 0 bridgehead atoms. The molecule has 0 saturated carbocycles. The number of hydrogen-bond acceptors (Lipinski definition) is 5. The SMILES string of the molecule is O=C(CCCOc1ccccc1[N+](=O)[O-])NCCc1nc2ccccc2[nH]1. The number of hydrogen-bond donors (Lipinski definition) is 2. The zero-order valence-corrected chi connectivity index (χ0v) is 14.7. The number of nitro groups is 1. The normalized spacial score (nSPS) is 10.7. The Kier molecular flexibility index (Phi) is 5.98. The Hall–Kier alpha value is -3.42. The molecule has 8 nitrogen and oxygen atoms in total. The number of benzene rings is 2. The second kappa shape index (κ2) is 8.79. The summed E-state index contributed by atoms with van der Waals surface area (Å²) in [7, 11) is 0. The van der Waals surface area contributed by atoms with E-state index in [1.807, 2.05) is 24.3 Å². The molecule has 1 aromatic heterocycles. The van der Waals surface area contributed by atoms with Crippen molar-refractivity contribution in [3.05, 3.63) is 64.5 Å². The average Bonchev–Trinajstić information content (AvgIpc) is 3.08. The lowest BCUT2D eigenvalue weighted by molar-refractivity contribution is -0.385. The minimum absolute atomic E-state index is 0.0761. The average molecular weight is 368 g/mol. The Balaban J connectivity index is 1.36. The van der Waals surface area contributed by atoms with E-state index in [0.29, 0.717) is 25.8 Å². The van der Waals surface area contributed by atoms with Gasteiger partial charge >= 0.3 is 5.69 Å². The fraction of sp³-hybridized carbons (Fsp3) is 0.263. The Bertz CT molecular complexity index is 905.